The van der Waals surface area contributed by atoms with Crippen LogP contribution in [0.2, 0.25) is 0 Å². The van der Waals surface area contributed by atoms with E-state index in [1.165, 1.54) is 18.4 Å². The number of anilines is 2. The van der Waals surface area contributed by atoms with Gasteiger partial charge in [0.15, 0.2) is 0 Å². The fraction of sp³-hybridized carbons (Fsp3) is 0.475. The van der Waals surface area contributed by atoms with Gasteiger partial charge in [-0.3, -0.25) is 9.69 Å². The van der Waals surface area contributed by atoms with Crippen LogP contribution in [-0.4, -0.2) is 47.0 Å². The number of amides is 3. The zero-order chi connectivity index (χ0) is 34.6. The molecule has 1 heterocycles. The molecular weight excluding hydrogens is 600 g/mol. The maximum Gasteiger partial charge on any atom is 0.326 e. The van der Waals surface area contributed by atoms with Crippen molar-refractivity contribution in [1.29, 1.82) is 0 Å². The number of rotatable bonds is 9. The van der Waals surface area contributed by atoms with Crippen molar-refractivity contribution in [2.45, 2.75) is 99.1 Å². The Morgan fingerprint density at radius 3 is 2.00 bits per heavy atom. The lowest BCUT2D eigenvalue weighted by atomic mass is 9.55. The fourth-order valence-electron chi connectivity index (χ4n) is 7.97. The maximum atomic E-state index is 14.1. The molecule has 1 saturated heterocycles. The molecule has 0 bridgehead atoms. The van der Waals surface area contributed by atoms with Crippen molar-refractivity contribution in [3.05, 3.63) is 82.4 Å². The van der Waals surface area contributed by atoms with Crippen LogP contribution in [0.3, 0.4) is 0 Å². The summed E-state index contributed by atoms with van der Waals surface area (Å²) < 4.78 is 0. The summed E-state index contributed by atoms with van der Waals surface area (Å²) in [5.74, 6) is -1.56. The van der Waals surface area contributed by atoms with E-state index >= 15 is 0 Å². The number of nitrogens with one attached hydrogen (secondary N) is 3. The monoisotopic (exact) mass is 652 g/mol. The minimum absolute atomic E-state index is 0.211. The van der Waals surface area contributed by atoms with E-state index in [0.29, 0.717) is 11.4 Å². The normalized spacial score (nSPS) is 17.0. The lowest BCUT2D eigenvalue weighted by molar-refractivity contribution is -0.148. The van der Waals surface area contributed by atoms with E-state index in [2.05, 4.69) is 65.9 Å². The molecule has 3 aromatic carbocycles. The van der Waals surface area contributed by atoms with Gasteiger partial charge in [0.25, 0.3) is 5.91 Å². The van der Waals surface area contributed by atoms with Crippen molar-refractivity contribution in [2.75, 3.05) is 23.7 Å². The maximum absolute atomic E-state index is 14.1. The van der Waals surface area contributed by atoms with Gasteiger partial charge in [0, 0.05) is 17.6 Å². The van der Waals surface area contributed by atoms with Crippen LogP contribution in [0.1, 0.15) is 98.3 Å². The van der Waals surface area contributed by atoms with Gasteiger partial charge in [-0.25, -0.2) is 9.59 Å². The summed E-state index contributed by atoms with van der Waals surface area (Å²) in [5, 5.41) is 19.3. The first-order chi connectivity index (χ1) is 22.8. The molecule has 2 fully saturated rings. The topological polar surface area (TPSA) is 111 Å². The molecule has 1 saturated carbocycles. The minimum atomic E-state index is -1.08. The molecule has 5 rings (SSSR count). The van der Waals surface area contributed by atoms with Crippen LogP contribution in [0.4, 0.5) is 16.2 Å². The number of nitrogens with zero attached hydrogens (tertiary/aromatic N) is 1. The largest absolute Gasteiger partial charge is 0.480 e. The highest BCUT2D eigenvalue weighted by Gasteiger charge is 2.52. The average Bonchev–Trinajstić information content (AvgIpc) is 3.54. The third kappa shape index (κ3) is 7.75. The third-order valence-electron chi connectivity index (χ3n) is 10.6. The smallest absolute Gasteiger partial charge is 0.326 e. The van der Waals surface area contributed by atoms with E-state index in [1.54, 1.807) is 12.1 Å². The summed E-state index contributed by atoms with van der Waals surface area (Å²) in [6.07, 6.45) is 6.85. The second-order valence-electron chi connectivity index (χ2n) is 15.0. The van der Waals surface area contributed by atoms with Crippen LogP contribution in [0.15, 0.2) is 54.6 Å². The first-order valence-corrected chi connectivity index (χ1v) is 17.4. The Bertz CT molecular complexity index is 1620. The van der Waals surface area contributed by atoms with Crippen LogP contribution in [0.5, 0.6) is 0 Å². The number of benzene rings is 3. The van der Waals surface area contributed by atoms with E-state index in [0.717, 1.165) is 79.6 Å². The molecule has 2 aliphatic rings. The van der Waals surface area contributed by atoms with Gasteiger partial charge in [-0.2, -0.15) is 0 Å². The minimum Gasteiger partial charge on any atom is -0.480 e. The van der Waals surface area contributed by atoms with Crippen molar-refractivity contribution in [1.82, 2.24) is 10.2 Å². The van der Waals surface area contributed by atoms with Gasteiger partial charge in [0.2, 0.25) is 0 Å². The van der Waals surface area contributed by atoms with Crippen molar-refractivity contribution in [3.63, 3.8) is 0 Å². The standard InChI is InChI=1S/C40H52N4O4/c1-26-22-27(2)34(28(3)23-26)42-38(48)41-33-24-31(30-14-12-29(13-15-30)25-44-20-10-11-21-44)16-17-32(33)36(45)43-35(37(46)47)40(39(4,5)6)18-8-7-9-19-40/h12-17,22-24,35H,7-11,18-21,25H2,1-6H3,(H,43,45)(H,46,47)(H2,41,42,48)/t35-/m1/s1. The van der Waals surface area contributed by atoms with Gasteiger partial charge in [-0.1, -0.05) is 88.1 Å². The molecule has 3 aromatic rings. The molecule has 4 N–H and O–H groups in total. The van der Waals surface area contributed by atoms with Crippen molar-refractivity contribution < 1.29 is 19.5 Å². The van der Waals surface area contributed by atoms with E-state index < -0.39 is 29.4 Å². The molecule has 0 aromatic heterocycles. The zero-order valence-electron chi connectivity index (χ0n) is 29.5. The first-order valence-electron chi connectivity index (χ1n) is 17.4. The SMILES string of the molecule is Cc1cc(C)c(NC(=O)Nc2cc(-c3ccc(CN4CCCC4)cc3)ccc2C(=O)N[C@H](C(=O)O)C2(C(C)(C)C)CCCCC2)c(C)c1. The Hall–Kier alpha value is -4.17. The van der Waals surface area contributed by atoms with Crippen molar-refractivity contribution >= 4 is 29.3 Å². The number of carboxylic acid groups (broad SMARTS) is 1. The van der Waals surface area contributed by atoms with Gasteiger partial charge in [-0.15, -0.1) is 0 Å². The Morgan fingerprint density at radius 1 is 0.812 bits per heavy atom. The summed E-state index contributed by atoms with van der Waals surface area (Å²) in [5.41, 5.74) is 6.30. The summed E-state index contributed by atoms with van der Waals surface area (Å²) >= 11 is 0. The Morgan fingerprint density at radius 2 is 1.42 bits per heavy atom. The number of carbonyl (C=O) groups is 3. The lowest BCUT2D eigenvalue weighted by Gasteiger charge is -2.51. The Kier molecular flexibility index (Phi) is 10.6. The highest BCUT2D eigenvalue weighted by molar-refractivity contribution is 6.08. The van der Waals surface area contributed by atoms with Crippen molar-refractivity contribution in [3.8, 4) is 11.1 Å². The van der Waals surface area contributed by atoms with Crippen LogP contribution in [-0.2, 0) is 11.3 Å². The number of likely N-dealkylation sites (tertiary alicyclic amines) is 1. The summed E-state index contributed by atoms with van der Waals surface area (Å²) in [7, 11) is 0. The molecular formula is C40H52N4O4. The summed E-state index contributed by atoms with van der Waals surface area (Å²) in [6, 6.07) is 16.2. The van der Waals surface area contributed by atoms with Gasteiger partial charge >= 0.3 is 12.0 Å². The lowest BCUT2D eigenvalue weighted by Crippen LogP contribution is -2.58. The van der Waals surface area contributed by atoms with Gasteiger partial charge < -0.3 is 21.1 Å². The first kappa shape index (κ1) is 35.1. The second kappa shape index (κ2) is 14.5. The fourth-order valence-corrected chi connectivity index (χ4v) is 7.97. The van der Waals surface area contributed by atoms with Crippen LogP contribution in [0.25, 0.3) is 11.1 Å². The number of aryl methyl sites for hydroxylation is 3. The molecule has 1 atom stereocenters. The molecule has 0 radical (unpaired) electrons. The Labute approximate surface area is 285 Å². The number of hydrogen-bond acceptors (Lipinski definition) is 4. The van der Waals surface area contributed by atoms with E-state index in [-0.39, 0.29) is 11.0 Å². The van der Waals surface area contributed by atoms with Crippen LogP contribution >= 0.6 is 0 Å². The van der Waals surface area contributed by atoms with Gasteiger partial charge in [-0.05, 0) is 105 Å². The molecule has 8 nitrogen and oxygen atoms in total. The number of carboxylic acids is 1. The predicted octanol–water partition coefficient (Wildman–Crippen LogP) is 8.70. The highest BCUT2D eigenvalue weighted by atomic mass is 16.4. The second-order valence-corrected chi connectivity index (χ2v) is 15.0. The molecule has 1 aliphatic carbocycles. The quantitative estimate of drug-likeness (QED) is 0.185. The number of urea groups is 1. The van der Waals surface area contributed by atoms with Gasteiger partial charge in [0.1, 0.15) is 6.04 Å². The highest BCUT2D eigenvalue weighted by Crippen LogP contribution is 2.52. The van der Waals surface area contributed by atoms with E-state index in [1.807, 2.05) is 39.0 Å². The average molecular weight is 653 g/mol. The predicted molar refractivity (Wildman–Crippen MR) is 194 cm³/mol. The number of aliphatic carboxylic acids is 1. The molecule has 48 heavy (non-hydrogen) atoms. The number of carbonyl (C=O) groups excluding carboxylic acids is 2. The van der Waals surface area contributed by atoms with E-state index in [9.17, 15) is 19.5 Å². The third-order valence-corrected chi connectivity index (χ3v) is 10.6. The van der Waals surface area contributed by atoms with Crippen LogP contribution in [0, 0.1) is 31.6 Å². The molecule has 256 valence electrons. The number of hydrogen-bond donors (Lipinski definition) is 4. The molecule has 0 spiro atoms. The Balaban J connectivity index is 1.47. The van der Waals surface area contributed by atoms with E-state index in [4.69, 9.17) is 0 Å². The summed E-state index contributed by atoms with van der Waals surface area (Å²) in [6.45, 7) is 15.3. The van der Waals surface area contributed by atoms with Gasteiger partial charge in [0.05, 0.1) is 11.3 Å². The zero-order valence-corrected chi connectivity index (χ0v) is 29.5. The summed E-state index contributed by atoms with van der Waals surface area (Å²) in [4.78, 5) is 42.9. The molecule has 8 heteroatoms. The molecule has 3 amide bonds. The molecule has 0 unspecified atom stereocenters. The van der Waals surface area contributed by atoms with Crippen LogP contribution < -0.4 is 16.0 Å². The van der Waals surface area contributed by atoms with Crippen molar-refractivity contribution in [2.24, 2.45) is 10.8 Å². The molecule has 1 aliphatic heterocycles.